The smallest absolute Gasteiger partial charge is 0.449 e. The van der Waals surface area contributed by atoms with E-state index in [4.69, 9.17) is 21.4 Å². The predicted molar refractivity (Wildman–Crippen MR) is 147 cm³/mol. The number of hydrogen-bond donors (Lipinski definition) is 1. The molecule has 1 N–H and O–H groups in total. The molecule has 198 valence electrons. The van der Waals surface area contributed by atoms with E-state index >= 15 is 0 Å². The highest BCUT2D eigenvalue weighted by molar-refractivity contribution is 6.33. The number of carbonyl (C=O) groups is 2. The average molecular weight is 535 g/mol. The number of aromatic nitrogens is 1. The van der Waals surface area contributed by atoms with Crippen molar-refractivity contribution in [3.8, 4) is 5.75 Å². The largest absolute Gasteiger partial charge is 0.511 e. The van der Waals surface area contributed by atoms with Crippen LogP contribution < -0.4 is 9.64 Å². The number of amides is 1. The molecule has 1 fully saturated rings. The normalized spacial score (nSPS) is 19.1. The number of nitrogens with zero attached hydrogens (tertiary/aromatic N) is 3. The molecule has 0 bridgehead atoms. The lowest BCUT2D eigenvalue weighted by atomic mass is 9.93. The molecule has 0 spiro atoms. The van der Waals surface area contributed by atoms with Crippen LogP contribution in [0.2, 0.25) is 5.02 Å². The minimum Gasteiger partial charge on any atom is -0.449 e. The van der Waals surface area contributed by atoms with Gasteiger partial charge >= 0.3 is 12.1 Å². The molecule has 2 aromatic carbocycles. The van der Waals surface area contributed by atoms with Gasteiger partial charge in [-0.25, -0.2) is 14.1 Å². The highest BCUT2D eigenvalue weighted by atomic mass is 35.5. The van der Waals surface area contributed by atoms with Gasteiger partial charge in [0.2, 0.25) is 0 Å². The van der Waals surface area contributed by atoms with Crippen LogP contribution in [0.3, 0.4) is 0 Å². The predicted octanol–water partition coefficient (Wildman–Crippen LogP) is 6.35. The minimum atomic E-state index is -1.35. The van der Waals surface area contributed by atoms with Crippen molar-refractivity contribution in [2.24, 2.45) is 0 Å². The van der Waals surface area contributed by atoms with Crippen LogP contribution in [0.1, 0.15) is 58.2 Å². The first kappa shape index (κ1) is 26.2. The lowest BCUT2D eigenvalue weighted by molar-refractivity contribution is -0.887. The van der Waals surface area contributed by atoms with Gasteiger partial charge < -0.3 is 14.7 Å². The zero-order chi connectivity index (χ0) is 27.0. The molecule has 2 heterocycles. The van der Waals surface area contributed by atoms with Crippen LogP contribution in [0.25, 0.3) is 0 Å². The Bertz CT molecular complexity index is 1370. The van der Waals surface area contributed by atoms with E-state index in [1.54, 1.807) is 24.3 Å². The summed E-state index contributed by atoms with van der Waals surface area (Å²) in [6.07, 6.45) is 1.94. The van der Waals surface area contributed by atoms with Crippen LogP contribution in [0.5, 0.6) is 5.75 Å². The van der Waals surface area contributed by atoms with Crippen LogP contribution in [0.4, 0.5) is 10.5 Å². The van der Waals surface area contributed by atoms with Crippen molar-refractivity contribution in [2.75, 3.05) is 25.0 Å². The highest BCUT2D eigenvalue weighted by Crippen LogP contribution is 2.46. The molecule has 7 nitrogen and oxygen atoms in total. The number of ether oxygens (including phenoxy) is 1. The quantitative estimate of drug-likeness (QED) is 0.233. The van der Waals surface area contributed by atoms with E-state index < -0.39 is 6.16 Å². The molecule has 1 aliphatic carbocycles. The average Bonchev–Trinajstić information content (AvgIpc) is 3.31. The summed E-state index contributed by atoms with van der Waals surface area (Å²) >= 11 is 6.56. The first-order chi connectivity index (χ1) is 18.2. The molecule has 38 heavy (non-hydrogen) atoms. The van der Waals surface area contributed by atoms with Gasteiger partial charge in [0.25, 0.3) is 0 Å². The van der Waals surface area contributed by atoms with Crippen LogP contribution in [0.15, 0.2) is 54.6 Å². The van der Waals surface area contributed by atoms with E-state index in [2.05, 4.69) is 22.0 Å². The van der Waals surface area contributed by atoms with Gasteiger partial charge in [0.05, 0.1) is 23.7 Å². The summed E-state index contributed by atoms with van der Waals surface area (Å²) in [6, 6.07) is 16.8. The van der Waals surface area contributed by atoms with E-state index in [0.29, 0.717) is 10.6 Å². The van der Waals surface area contributed by atoms with Crippen molar-refractivity contribution >= 4 is 29.4 Å². The molecule has 2 atom stereocenters. The molecule has 1 amide bonds. The second-order valence-electron chi connectivity index (χ2n) is 10.5. The van der Waals surface area contributed by atoms with Gasteiger partial charge in [-0.1, -0.05) is 29.8 Å². The fraction of sp³-hybridized carbons (Fsp3) is 0.367. The summed E-state index contributed by atoms with van der Waals surface area (Å²) in [5, 5.41) is 9.61. The SMILES string of the molecule is Cc1cc(N2CCC([N+](C)(C(=O)c3ccccc3Cl)C3CCc4ccc(OC(=O)O)cc43)CC2)cc(C)n1. The second kappa shape index (κ2) is 10.4. The number of hydrogen-bond acceptors (Lipinski definition) is 5. The number of pyridine rings is 1. The van der Waals surface area contributed by atoms with Crippen LogP contribution in [0, 0.1) is 13.8 Å². The molecule has 5 rings (SSSR count). The maximum absolute atomic E-state index is 14.4. The Morgan fingerprint density at radius 3 is 2.37 bits per heavy atom. The standard InChI is InChI=1S/C30H32ClN3O4/c1-19-16-22(17-20(2)32-19)33-14-12-23(13-15-33)34(3,29(35)25-6-4-5-7-27(25)31)28-11-9-21-8-10-24(18-26(21)28)38-30(36)37/h4-8,10,16-18,23,28H,9,11-15H2,1-3H3/p+1. The number of piperidine rings is 1. The number of carbonyl (C=O) groups excluding carboxylic acids is 1. The van der Waals surface area contributed by atoms with Crippen molar-refractivity contribution in [1.82, 2.24) is 4.98 Å². The first-order valence-corrected chi connectivity index (χ1v) is 13.4. The van der Waals surface area contributed by atoms with Gasteiger partial charge in [0, 0.05) is 55.0 Å². The maximum Gasteiger partial charge on any atom is 0.511 e. The summed E-state index contributed by atoms with van der Waals surface area (Å²) in [7, 11) is 2.04. The fourth-order valence-corrected chi connectivity index (χ4v) is 6.61. The Hall–Kier alpha value is -3.42. The Morgan fingerprint density at radius 1 is 1.03 bits per heavy atom. The molecule has 2 unspecified atom stereocenters. The summed E-state index contributed by atoms with van der Waals surface area (Å²) in [4.78, 5) is 32.5. The summed E-state index contributed by atoms with van der Waals surface area (Å²) in [6.45, 7) is 5.69. The number of anilines is 1. The molecule has 1 aromatic heterocycles. The topological polar surface area (TPSA) is 79.7 Å². The number of rotatable bonds is 5. The van der Waals surface area contributed by atoms with Gasteiger partial charge in [0.15, 0.2) is 0 Å². The maximum atomic E-state index is 14.4. The highest BCUT2D eigenvalue weighted by Gasteiger charge is 2.51. The monoisotopic (exact) mass is 534 g/mol. The van der Waals surface area contributed by atoms with Crippen molar-refractivity contribution in [3.63, 3.8) is 0 Å². The molecule has 1 aliphatic heterocycles. The number of aryl methyl sites for hydroxylation is 3. The van der Waals surface area contributed by atoms with E-state index in [1.165, 1.54) is 5.69 Å². The lowest BCUT2D eigenvalue weighted by Gasteiger charge is -2.47. The minimum absolute atomic E-state index is 0.00736. The molecule has 0 radical (unpaired) electrons. The number of carboxylic acid groups (broad SMARTS) is 1. The van der Waals surface area contributed by atoms with Gasteiger partial charge in [-0.2, -0.15) is 0 Å². The first-order valence-electron chi connectivity index (χ1n) is 13.1. The van der Waals surface area contributed by atoms with Crippen LogP contribution in [-0.4, -0.2) is 52.8 Å². The zero-order valence-corrected chi connectivity index (χ0v) is 22.7. The Balaban J connectivity index is 1.51. The molecule has 0 saturated carbocycles. The summed E-state index contributed by atoms with van der Waals surface area (Å²) < 4.78 is 5.17. The molecule has 3 aromatic rings. The number of halogens is 1. The van der Waals surface area contributed by atoms with Crippen molar-refractivity contribution < 1.29 is 23.9 Å². The second-order valence-corrected chi connectivity index (χ2v) is 10.9. The van der Waals surface area contributed by atoms with Crippen LogP contribution in [-0.2, 0) is 6.42 Å². The van der Waals surface area contributed by atoms with Crippen molar-refractivity contribution in [1.29, 1.82) is 0 Å². The van der Waals surface area contributed by atoms with Gasteiger partial charge in [-0.15, -0.1) is 0 Å². The van der Waals surface area contributed by atoms with Crippen LogP contribution >= 0.6 is 11.6 Å². The molecule has 2 aliphatic rings. The van der Waals surface area contributed by atoms with E-state index in [0.717, 1.165) is 61.3 Å². The number of fused-ring (bicyclic) bond motifs is 1. The van der Waals surface area contributed by atoms with Crippen molar-refractivity contribution in [2.45, 2.75) is 51.6 Å². The lowest BCUT2D eigenvalue weighted by Crippen LogP contribution is -2.60. The molecular weight excluding hydrogens is 502 g/mol. The Kier molecular flexibility index (Phi) is 7.16. The van der Waals surface area contributed by atoms with Gasteiger partial charge in [0.1, 0.15) is 11.8 Å². The Labute approximate surface area is 228 Å². The van der Waals surface area contributed by atoms with Gasteiger partial charge in [-0.3, -0.25) is 4.98 Å². The van der Waals surface area contributed by atoms with E-state index in [-0.39, 0.29) is 28.2 Å². The van der Waals surface area contributed by atoms with Gasteiger partial charge in [-0.05, 0) is 62.2 Å². The third-order valence-electron chi connectivity index (χ3n) is 8.21. The number of benzene rings is 2. The Morgan fingerprint density at radius 2 is 1.71 bits per heavy atom. The molecule has 1 saturated heterocycles. The summed E-state index contributed by atoms with van der Waals surface area (Å²) in [5.74, 6) is 0.269. The number of quaternary nitrogens is 1. The van der Waals surface area contributed by atoms with E-state index in [9.17, 15) is 9.59 Å². The van der Waals surface area contributed by atoms with Crippen molar-refractivity contribution in [3.05, 3.63) is 87.7 Å². The third kappa shape index (κ3) is 4.88. The fourth-order valence-electron chi connectivity index (χ4n) is 6.39. The van der Waals surface area contributed by atoms with E-state index in [1.807, 2.05) is 39.1 Å². The zero-order valence-electron chi connectivity index (χ0n) is 22.0. The molecule has 8 heteroatoms. The summed E-state index contributed by atoms with van der Waals surface area (Å²) in [5.41, 5.74) is 5.79. The molecular formula is C30H33ClN3O4+. The third-order valence-corrected chi connectivity index (χ3v) is 8.54.